The number of nitrogens with zero attached hydrogens (tertiary/aromatic N) is 2. The molecule has 0 aliphatic carbocycles. The van der Waals surface area contributed by atoms with Crippen LogP contribution in [-0.4, -0.2) is 16.4 Å². The molecule has 1 aromatic heterocycles. The minimum Gasteiger partial charge on any atom is -0.288 e. The Bertz CT molecular complexity index is 584. The van der Waals surface area contributed by atoms with Gasteiger partial charge in [0.15, 0.2) is 0 Å². The van der Waals surface area contributed by atoms with Crippen LogP contribution < -0.4 is 9.88 Å². The van der Waals surface area contributed by atoms with Crippen molar-refractivity contribution in [3.63, 3.8) is 0 Å². The summed E-state index contributed by atoms with van der Waals surface area (Å²) in [5, 5.41) is 2.20. The van der Waals surface area contributed by atoms with E-state index < -0.39 is 0 Å². The molecule has 0 unspecified atom stereocenters. The molecule has 0 atom stereocenters. The summed E-state index contributed by atoms with van der Waals surface area (Å²) in [4.78, 5) is 21.9. The van der Waals surface area contributed by atoms with E-state index in [1.54, 1.807) is 24.3 Å². The molecular weight excluding hydrogens is 242 g/mol. The van der Waals surface area contributed by atoms with Crippen LogP contribution in [0.25, 0.3) is 0 Å². The number of benzene rings is 1. The van der Waals surface area contributed by atoms with Gasteiger partial charge in [-0.1, -0.05) is 12.1 Å². The molecule has 1 aliphatic rings. The summed E-state index contributed by atoms with van der Waals surface area (Å²) >= 11 is 0. The van der Waals surface area contributed by atoms with Gasteiger partial charge in [0.1, 0.15) is 12.4 Å². The lowest BCUT2D eigenvalue weighted by Gasteiger charge is -1.88. The molecule has 98 valence electrons. The molecule has 5 nitrogen and oxygen atoms in total. The van der Waals surface area contributed by atoms with E-state index in [1.165, 1.54) is 0 Å². The monoisotopic (exact) mass is 258 g/mol. The fraction of sp³-hybridized carbons (Fsp3) is 0.214. The van der Waals surface area contributed by atoms with Crippen molar-refractivity contribution in [2.24, 2.45) is 7.05 Å². The van der Waals surface area contributed by atoms with Gasteiger partial charge in [0.25, 0.3) is 11.8 Å². The van der Waals surface area contributed by atoms with Crippen LogP contribution in [0.1, 0.15) is 27.6 Å². The van der Waals surface area contributed by atoms with Crippen LogP contribution in [0.3, 0.4) is 0 Å². The van der Waals surface area contributed by atoms with Crippen molar-refractivity contribution in [3.8, 4) is 0 Å². The number of hydrogen-bond donors (Lipinski definition) is 1. The first-order valence-electron chi connectivity index (χ1n) is 6.07. The highest BCUT2D eigenvalue weighted by molar-refractivity contribution is 6.21. The Morgan fingerprint density at radius 1 is 1.16 bits per heavy atom. The average molecular weight is 258 g/mol. The molecule has 1 aliphatic heterocycles. The van der Waals surface area contributed by atoms with E-state index in [2.05, 4.69) is 29.3 Å². The number of aryl methyl sites for hydroxylation is 2. The van der Waals surface area contributed by atoms with Crippen LogP contribution in [0.15, 0.2) is 43.0 Å². The quantitative estimate of drug-likeness (QED) is 0.610. The third-order valence-electron chi connectivity index (χ3n) is 2.83. The van der Waals surface area contributed by atoms with E-state index >= 15 is 0 Å². The zero-order valence-corrected chi connectivity index (χ0v) is 11.0. The predicted octanol–water partition coefficient (Wildman–Crippen LogP) is 0.903. The lowest BCUT2D eigenvalue weighted by Crippen LogP contribution is -2.23. The SMILES string of the molecule is CCn1cc[n+](C)c1.O=C1NC(=O)c2ccccc21. The van der Waals surface area contributed by atoms with Gasteiger partial charge in [-0.15, -0.1) is 0 Å². The maximum Gasteiger partial charge on any atom is 0.258 e. The molecule has 2 amide bonds. The smallest absolute Gasteiger partial charge is 0.258 e. The predicted molar refractivity (Wildman–Crippen MR) is 69.5 cm³/mol. The molecule has 0 radical (unpaired) electrons. The van der Waals surface area contributed by atoms with E-state index in [1.807, 2.05) is 17.8 Å². The van der Waals surface area contributed by atoms with Crippen molar-refractivity contribution in [1.29, 1.82) is 0 Å². The van der Waals surface area contributed by atoms with E-state index in [0.29, 0.717) is 11.1 Å². The highest BCUT2D eigenvalue weighted by Crippen LogP contribution is 2.13. The van der Waals surface area contributed by atoms with Gasteiger partial charge in [0, 0.05) is 0 Å². The average Bonchev–Trinajstić information content (AvgIpc) is 2.96. The lowest BCUT2D eigenvalue weighted by atomic mass is 10.1. The van der Waals surface area contributed by atoms with Crippen LogP contribution >= 0.6 is 0 Å². The first-order chi connectivity index (χ1) is 9.11. The number of carbonyl (C=O) groups excluding carboxylic acids is 2. The number of nitrogens with one attached hydrogen (secondary N) is 1. The van der Waals surface area contributed by atoms with Crippen molar-refractivity contribution in [3.05, 3.63) is 54.1 Å². The Morgan fingerprint density at radius 3 is 2.11 bits per heavy atom. The van der Waals surface area contributed by atoms with Crippen LogP contribution in [0.2, 0.25) is 0 Å². The minimum absolute atomic E-state index is 0.300. The van der Waals surface area contributed by atoms with Gasteiger partial charge in [-0.05, 0) is 19.1 Å². The highest BCUT2D eigenvalue weighted by atomic mass is 16.2. The van der Waals surface area contributed by atoms with Crippen LogP contribution in [-0.2, 0) is 13.6 Å². The number of amides is 2. The minimum atomic E-state index is -0.300. The number of imidazole rings is 1. The maximum atomic E-state index is 10.9. The summed E-state index contributed by atoms with van der Waals surface area (Å²) in [7, 11) is 2.02. The van der Waals surface area contributed by atoms with E-state index in [4.69, 9.17) is 0 Å². The molecular formula is C14H16N3O2+. The number of fused-ring (bicyclic) bond motifs is 1. The fourth-order valence-electron chi connectivity index (χ4n) is 1.81. The Balaban J connectivity index is 0.000000148. The summed E-state index contributed by atoms with van der Waals surface area (Å²) in [5.74, 6) is -0.601. The Labute approximate surface area is 111 Å². The molecule has 0 bridgehead atoms. The summed E-state index contributed by atoms with van der Waals surface area (Å²) in [6.45, 7) is 3.18. The Morgan fingerprint density at radius 2 is 1.74 bits per heavy atom. The number of aromatic nitrogens is 2. The first kappa shape index (κ1) is 13.0. The van der Waals surface area contributed by atoms with Gasteiger partial charge >= 0.3 is 0 Å². The van der Waals surface area contributed by atoms with Gasteiger partial charge in [-0.2, -0.15) is 0 Å². The third-order valence-corrected chi connectivity index (χ3v) is 2.83. The van der Waals surface area contributed by atoms with Gasteiger partial charge in [-0.3, -0.25) is 14.9 Å². The molecule has 1 N–H and O–H groups in total. The second-order valence-corrected chi connectivity index (χ2v) is 4.24. The first-order valence-corrected chi connectivity index (χ1v) is 6.07. The molecule has 0 fully saturated rings. The normalized spacial score (nSPS) is 12.5. The number of rotatable bonds is 1. The van der Waals surface area contributed by atoms with Gasteiger partial charge in [0.2, 0.25) is 6.33 Å². The van der Waals surface area contributed by atoms with Gasteiger partial charge < -0.3 is 0 Å². The zero-order valence-electron chi connectivity index (χ0n) is 11.0. The number of hydrogen-bond acceptors (Lipinski definition) is 2. The Hall–Kier alpha value is -2.43. The van der Waals surface area contributed by atoms with Crippen molar-refractivity contribution in [1.82, 2.24) is 9.88 Å². The summed E-state index contributed by atoms with van der Waals surface area (Å²) in [6.07, 6.45) is 6.14. The lowest BCUT2D eigenvalue weighted by molar-refractivity contribution is -0.671. The van der Waals surface area contributed by atoms with E-state index in [9.17, 15) is 9.59 Å². The van der Waals surface area contributed by atoms with Crippen molar-refractivity contribution in [2.75, 3.05) is 0 Å². The van der Waals surface area contributed by atoms with Crippen molar-refractivity contribution in [2.45, 2.75) is 13.5 Å². The molecule has 2 heterocycles. The molecule has 1 aromatic carbocycles. The number of carbonyl (C=O) groups is 2. The number of imide groups is 1. The van der Waals surface area contributed by atoms with E-state index in [0.717, 1.165) is 6.54 Å². The van der Waals surface area contributed by atoms with Gasteiger partial charge in [-0.25, -0.2) is 9.13 Å². The fourth-order valence-corrected chi connectivity index (χ4v) is 1.81. The second-order valence-electron chi connectivity index (χ2n) is 4.24. The topological polar surface area (TPSA) is 55.0 Å². The van der Waals surface area contributed by atoms with E-state index in [-0.39, 0.29) is 11.8 Å². The molecule has 2 aromatic rings. The largest absolute Gasteiger partial charge is 0.288 e. The van der Waals surface area contributed by atoms with Crippen molar-refractivity contribution < 1.29 is 14.2 Å². The Kier molecular flexibility index (Phi) is 3.75. The maximum absolute atomic E-state index is 10.9. The second kappa shape index (κ2) is 5.48. The van der Waals surface area contributed by atoms with Crippen LogP contribution in [0, 0.1) is 0 Å². The summed E-state index contributed by atoms with van der Waals surface area (Å²) in [6, 6.07) is 6.74. The van der Waals surface area contributed by atoms with Crippen molar-refractivity contribution >= 4 is 11.8 Å². The van der Waals surface area contributed by atoms with Crippen LogP contribution in [0.5, 0.6) is 0 Å². The van der Waals surface area contributed by atoms with Gasteiger partial charge in [0.05, 0.1) is 24.7 Å². The molecule has 3 rings (SSSR count). The molecule has 19 heavy (non-hydrogen) atoms. The zero-order chi connectivity index (χ0) is 13.8. The standard InChI is InChI=1S/C8H5NO2.C6H11N2/c10-7-5-3-1-2-4-6(5)8(11)9-7;1-3-8-5-4-7(2)6-8/h1-4H,(H,9,10,11);4-6H,3H2,1-2H3/q;+1. The third kappa shape index (κ3) is 2.88. The highest BCUT2D eigenvalue weighted by Gasteiger charge is 2.25. The molecule has 0 saturated heterocycles. The molecule has 0 spiro atoms. The van der Waals surface area contributed by atoms with Crippen LogP contribution in [0.4, 0.5) is 0 Å². The molecule has 5 heteroatoms. The summed E-state index contributed by atoms with van der Waals surface area (Å²) < 4.78 is 4.16. The summed E-state index contributed by atoms with van der Waals surface area (Å²) in [5.41, 5.74) is 0.940. The molecule has 0 saturated carbocycles.